The molecule has 0 amide bonds. The minimum Gasteiger partial charge on any atom is -0.296 e. The maximum atomic E-state index is 12.7. The van der Waals surface area contributed by atoms with Crippen LogP contribution in [0.15, 0.2) is 84.2 Å². The molecule has 3 aromatic heterocycles. The SMILES string of the molecule is O=C(CCc1ccccc1)c1ccnc(-n2[nH]cc(-c3cccnc3)c2=O)c1. The molecule has 0 atom stereocenters. The number of nitrogens with zero attached hydrogens (tertiary/aromatic N) is 3. The highest BCUT2D eigenvalue weighted by Crippen LogP contribution is 2.15. The largest absolute Gasteiger partial charge is 0.296 e. The summed E-state index contributed by atoms with van der Waals surface area (Å²) < 4.78 is 1.33. The molecular weight excluding hydrogens is 352 g/mol. The monoisotopic (exact) mass is 370 g/mol. The van der Waals surface area contributed by atoms with E-state index < -0.39 is 0 Å². The molecule has 1 aromatic carbocycles. The summed E-state index contributed by atoms with van der Waals surface area (Å²) in [5, 5.41) is 2.92. The van der Waals surface area contributed by atoms with E-state index in [0.717, 1.165) is 11.1 Å². The van der Waals surface area contributed by atoms with Gasteiger partial charge in [-0.1, -0.05) is 36.4 Å². The Hall–Kier alpha value is -3.80. The Kier molecular flexibility index (Phi) is 4.93. The molecule has 0 fully saturated rings. The second-order valence-corrected chi connectivity index (χ2v) is 6.38. The lowest BCUT2D eigenvalue weighted by molar-refractivity contribution is 0.0982. The van der Waals surface area contributed by atoms with Crippen LogP contribution in [0.3, 0.4) is 0 Å². The first-order valence-electron chi connectivity index (χ1n) is 8.97. The van der Waals surface area contributed by atoms with Gasteiger partial charge in [-0.2, -0.15) is 0 Å². The van der Waals surface area contributed by atoms with Gasteiger partial charge >= 0.3 is 0 Å². The summed E-state index contributed by atoms with van der Waals surface area (Å²) in [6, 6.07) is 16.8. The van der Waals surface area contributed by atoms with Gasteiger partial charge in [-0.3, -0.25) is 19.7 Å². The molecule has 28 heavy (non-hydrogen) atoms. The Bertz CT molecular complexity index is 1150. The topological polar surface area (TPSA) is 80.6 Å². The average molecular weight is 370 g/mol. The van der Waals surface area contributed by atoms with Crippen LogP contribution in [-0.2, 0) is 6.42 Å². The minimum absolute atomic E-state index is 0.0135. The van der Waals surface area contributed by atoms with E-state index in [1.54, 1.807) is 43.0 Å². The smallest absolute Gasteiger partial charge is 0.280 e. The van der Waals surface area contributed by atoms with Gasteiger partial charge in [-0.25, -0.2) is 9.67 Å². The molecular formula is C22H18N4O2. The number of H-pyrrole nitrogens is 1. The van der Waals surface area contributed by atoms with Crippen LogP contribution in [0.2, 0.25) is 0 Å². The molecule has 3 heterocycles. The third-order valence-electron chi connectivity index (χ3n) is 4.52. The number of rotatable bonds is 6. The number of benzene rings is 1. The second kappa shape index (κ2) is 7.84. The number of carbonyl (C=O) groups is 1. The molecule has 0 aliphatic rings. The molecule has 6 nitrogen and oxygen atoms in total. The Morgan fingerprint density at radius 3 is 2.68 bits per heavy atom. The predicted octanol–water partition coefficient (Wildman–Crippen LogP) is 3.44. The first kappa shape index (κ1) is 17.6. The van der Waals surface area contributed by atoms with E-state index in [4.69, 9.17) is 0 Å². The number of aromatic nitrogens is 4. The zero-order chi connectivity index (χ0) is 19.3. The lowest BCUT2D eigenvalue weighted by Crippen LogP contribution is -2.17. The molecule has 0 radical (unpaired) electrons. The summed E-state index contributed by atoms with van der Waals surface area (Å²) in [7, 11) is 0. The Morgan fingerprint density at radius 2 is 1.89 bits per heavy atom. The maximum absolute atomic E-state index is 12.7. The van der Waals surface area contributed by atoms with E-state index >= 15 is 0 Å². The molecule has 138 valence electrons. The summed E-state index contributed by atoms with van der Waals surface area (Å²) in [5.41, 5.74) is 2.62. The van der Waals surface area contributed by atoms with Crippen molar-refractivity contribution in [2.24, 2.45) is 0 Å². The van der Waals surface area contributed by atoms with Gasteiger partial charge in [0.15, 0.2) is 11.6 Å². The highest BCUT2D eigenvalue weighted by atomic mass is 16.1. The Labute approximate surface area is 161 Å². The van der Waals surface area contributed by atoms with Gasteiger partial charge < -0.3 is 0 Å². The molecule has 4 aromatic rings. The van der Waals surface area contributed by atoms with Crippen molar-refractivity contribution in [1.82, 2.24) is 19.7 Å². The number of aryl methyl sites for hydroxylation is 1. The lowest BCUT2D eigenvalue weighted by Gasteiger charge is -2.05. The fourth-order valence-corrected chi connectivity index (χ4v) is 3.03. The lowest BCUT2D eigenvalue weighted by atomic mass is 10.0. The van der Waals surface area contributed by atoms with Crippen molar-refractivity contribution in [2.45, 2.75) is 12.8 Å². The fraction of sp³-hybridized carbons (Fsp3) is 0.0909. The van der Waals surface area contributed by atoms with Crippen LogP contribution in [-0.4, -0.2) is 25.5 Å². The van der Waals surface area contributed by atoms with Crippen molar-refractivity contribution in [3.63, 3.8) is 0 Å². The number of nitrogens with one attached hydrogen (secondary N) is 1. The highest BCUT2D eigenvalue weighted by Gasteiger charge is 2.13. The Balaban J connectivity index is 1.57. The highest BCUT2D eigenvalue weighted by molar-refractivity contribution is 5.96. The van der Waals surface area contributed by atoms with E-state index in [9.17, 15) is 9.59 Å². The molecule has 1 N–H and O–H groups in total. The minimum atomic E-state index is -0.241. The molecule has 0 saturated heterocycles. The first-order valence-corrected chi connectivity index (χ1v) is 8.97. The fourth-order valence-electron chi connectivity index (χ4n) is 3.03. The van der Waals surface area contributed by atoms with Gasteiger partial charge in [0, 0.05) is 42.3 Å². The Morgan fingerprint density at radius 1 is 1.04 bits per heavy atom. The van der Waals surface area contributed by atoms with Crippen LogP contribution in [0.5, 0.6) is 0 Å². The molecule has 0 aliphatic carbocycles. The molecule has 0 unspecified atom stereocenters. The van der Waals surface area contributed by atoms with E-state index in [-0.39, 0.29) is 11.3 Å². The maximum Gasteiger partial charge on any atom is 0.280 e. The third kappa shape index (κ3) is 3.66. The number of pyridine rings is 2. The van der Waals surface area contributed by atoms with E-state index in [0.29, 0.717) is 29.8 Å². The zero-order valence-corrected chi connectivity index (χ0v) is 15.1. The third-order valence-corrected chi connectivity index (χ3v) is 4.52. The second-order valence-electron chi connectivity index (χ2n) is 6.38. The normalized spacial score (nSPS) is 10.7. The predicted molar refractivity (Wildman–Crippen MR) is 107 cm³/mol. The standard InChI is InChI=1S/C22H18N4O2/c27-20(9-8-16-5-2-1-3-6-16)17-10-12-24-21(13-17)26-22(28)19(15-25-26)18-7-4-11-23-14-18/h1-7,10-15,25H,8-9H2. The van der Waals surface area contributed by atoms with Crippen LogP contribution in [0.1, 0.15) is 22.3 Å². The number of aromatic amines is 1. The zero-order valence-electron chi connectivity index (χ0n) is 15.1. The van der Waals surface area contributed by atoms with Crippen LogP contribution >= 0.6 is 0 Å². The number of hydrogen-bond donors (Lipinski definition) is 1. The molecule has 4 rings (SSSR count). The van der Waals surface area contributed by atoms with Crippen molar-refractivity contribution >= 4 is 5.78 Å². The summed E-state index contributed by atoms with van der Waals surface area (Å²) in [6.45, 7) is 0. The van der Waals surface area contributed by atoms with Crippen molar-refractivity contribution in [2.75, 3.05) is 0 Å². The van der Waals surface area contributed by atoms with Gasteiger partial charge in [0.2, 0.25) is 0 Å². The molecule has 6 heteroatoms. The molecule has 0 spiro atoms. The van der Waals surface area contributed by atoms with E-state index in [2.05, 4.69) is 15.1 Å². The van der Waals surface area contributed by atoms with Crippen LogP contribution in [0, 0.1) is 0 Å². The van der Waals surface area contributed by atoms with Gasteiger partial charge in [0.05, 0.1) is 5.56 Å². The van der Waals surface area contributed by atoms with Crippen molar-refractivity contribution in [3.8, 4) is 16.9 Å². The number of ketones is 1. The quantitative estimate of drug-likeness (QED) is 0.527. The van der Waals surface area contributed by atoms with Gasteiger partial charge in [0.1, 0.15) is 0 Å². The summed E-state index contributed by atoms with van der Waals surface area (Å²) in [5.74, 6) is 0.394. The first-order chi connectivity index (χ1) is 13.7. The molecule has 0 aliphatic heterocycles. The van der Waals surface area contributed by atoms with Crippen molar-refractivity contribution < 1.29 is 4.79 Å². The summed E-state index contributed by atoms with van der Waals surface area (Å²) >= 11 is 0. The average Bonchev–Trinajstić information content (AvgIpc) is 3.15. The van der Waals surface area contributed by atoms with Gasteiger partial charge in [-0.05, 0) is 30.2 Å². The van der Waals surface area contributed by atoms with E-state index in [1.165, 1.54) is 4.68 Å². The number of Topliss-reactive ketones (excluding diaryl/α,β-unsaturated/α-hetero) is 1. The van der Waals surface area contributed by atoms with Gasteiger partial charge in [0.25, 0.3) is 5.56 Å². The van der Waals surface area contributed by atoms with Crippen molar-refractivity contribution in [3.05, 3.63) is 101 Å². The van der Waals surface area contributed by atoms with Gasteiger partial charge in [-0.15, -0.1) is 0 Å². The number of hydrogen-bond acceptors (Lipinski definition) is 4. The van der Waals surface area contributed by atoms with Crippen LogP contribution < -0.4 is 5.56 Å². The summed E-state index contributed by atoms with van der Waals surface area (Å²) in [4.78, 5) is 33.6. The summed E-state index contributed by atoms with van der Waals surface area (Å²) in [6.07, 6.45) is 7.51. The number of carbonyl (C=O) groups excluding carboxylic acids is 1. The van der Waals surface area contributed by atoms with E-state index in [1.807, 2.05) is 36.4 Å². The van der Waals surface area contributed by atoms with Crippen LogP contribution in [0.4, 0.5) is 0 Å². The molecule has 0 bridgehead atoms. The van der Waals surface area contributed by atoms with Crippen LogP contribution in [0.25, 0.3) is 16.9 Å². The molecule has 0 saturated carbocycles. The van der Waals surface area contributed by atoms with Crippen molar-refractivity contribution in [1.29, 1.82) is 0 Å².